The monoisotopic (exact) mass is 413 g/mol. The minimum Gasteiger partial charge on any atom is -0.258 e. The van der Waals surface area contributed by atoms with Crippen LogP contribution in [0, 0.1) is 18.3 Å². The van der Waals surface area contributed by atoms with Gasteiger partial charge >= 0.3 is 6.18 Å². The summed E-state index contributed by atoms with van der Waals surface area (Å²) in [6, 6.07) is 19.1. The topological polar surface area (TPSA) is 40.9 Å². The maximum absolute atomic E-state index is 13.5. The van der Waals surface area contributed by atoms with Gasteiger partial charge in [-0.1, -0.05) is 30.3 Å². The summed E-state index contributed by atoms with van der Waals surface area (Å²) in [4.78, 5) is 0.996. The highest BCUT2D eigenvalue weighted by Gasteiger charge is 2.30. The summed E-state index contributed by atoms with van der Waals surface area (Å²) in [5, 5.41) is 8.95. The lowest BCUT2D eigenvalue weighted by atomic mass is 10.0. The number of hydrogen-bond donors (Lipinski definition) is 0. The maximum atomic E-state index is 13.5. The van der Waals surface area contributed by atoms with Crippen molar-refractivity contribution in [1.82, 2.24) is 0 Å². The molecule has 0 saturated carbocycles. The zero-order chi connectivity index (χ0) is 21.2. The van der Waals surface area contributed by atoms with E-state index in [1.54, 1.807) is 36.4 Å². The normalized spacial score (nSPS) is 13.5. The van der Waals surface area contributed by atoms with E-state index in [-0.39, 0.29) is 6.42 Å². The lowest BCUT2D eigenvalue weighted by Crippen LogP contribution is -2.04. The number of nitriles is 1. The van der Waals surface area contributed by atoms with Gasteiger partial charge in [0, 0.05) is 19.3 Å². The number of rotatable bonds is 4. The van der Waals surface area contributed by atoms with E-state index >= 15 is 0 Å². The van der Waals surface area contributed by atoms with E-state index in [1.165, 1.54) is 12.1 Å². The van der Waals surface area contributed by atoms with Crippen LogP contribution < -0.4 is 0 Å². The summed E-state index contributed by atoms with van der Waals surface area (Å²) in [7, 11) is -2.85. The second-order valence-corrected chi connectivity index (χ2v) is 9.06. The number of halogens is 3. The lowest BCUT2D eigenvalue weighted by molar-refractivity contribution is -0.137. The number of nitrogens with zero attached hydrogens (tertiary/aromatic N) is 1. The number of alkyl halides is 3. The van der Waals surface area contributed by atoms with Crippen LogP contribution in [0.3, 0.4) is 0 Å². The van der Waals surface area contributed by atoms with Crippen molar-refractivity contribution in [1.29, 1.82) is 5.26 Å². The molecule has 0 aromatic heterocycles. The molecular formula is C23H18F3NOS. The Labute approximate surface area is 168 Å². The van der Waals surface area contributed by atoms with E-state index in [9.17, 15) is 17.4 Å². The molecule has 0 aliphatic carbocycles. The first-order valence-electron chi connectivity index (χ1n) is 8.74. The van der Waals surface area contributed by atoms with Crippen molar-refractivity contribution >= 4 is 15.4 Å². The fourth-order valence-electron chi connectivity index (χ4n) is 3.08. The van der Waals surface area contributed by atoms with Crippen LogP contribution in [0.1, 0.15) is 16.7 Å². The second-order valence-electron chi connectivity index (χ2n) is 6.77. The van der Waals surface area contributed by atoms with Crippen LogP contribution in [0.5, 0.6) is 0 Å². The molecule has 2 nitrogen and oxygen atoms in total. The Morgan fingerprint density at radius 3 is 2.28 bits per heavy atom. The Morgan fingerprint density at radius 2 is 1.66 bits per heavy atom. The molecule has 0 aliphatic heterocycles. The second kappa shape index (κ2) is 7.76. The third-order valence-electron chi connectivity index (χ3n) is 4.53. The van der Waals surface area contributed by atoms with Crippen molar-refractivity contribution in [2.24, 2.45) is 0 Å². The van der Waals surface area contributed by atoms with E-state index in [4.69, 9.17) is 5.26 Å². The fourth-order valence-corrected chi connectivity index (χ4v) is 4.68. The van der Waals surface area contributed by atoms with Crippen molar-refractivity contribution in [2.45, 2.75) is 29.3 Å². The minimum atomic E-state index is -4.39. The van der Waals surface area contributed by atoms with Crippen molar-refractivity contribution in [2.75, 3.05) is 0 Å². The summed E-state index contributed by atoms with van der Waals surface area (Å²) < 4.78 is 51.9. The Bertz CT molecular complexity index is 1190. The molecule has 0 radical (unpaired) electrons. The highest BCUT2D eigenvalue weighted by molar-refractivity contribution is 8.00. The molecule has 0 fully saturated rings. The smallest absolute Gasteiger partial charge is 0.258 e. The van der Waals surface area contributed by atoms with Gasteiger partial charge < -0.3 is 0 Å². The fraction of sp³-hybridized carbons (Fsp3) is 0.130. The largest absolute Gasteiger partial charge is 0.416 e. The molecule has 0 aliphatic rings. The van der Waals surface area contributed by atoms with Gasteiger partial charge in [0.15, 0.2) is 0 Å². The van der Waals surface area contributed by atoms with E-state index < -0.39 is 21.3 Å². The molecule has 1 atom stereocenters. The Kier molecular flexibility index (Phi) is 5.54. The van der Waals surface area contributed by atoms with E-state index in [0.29, 0.717) is 20.9 Å². The molecular weight excluding hydrogens is 395 g/mol. The maximum Gasteiger partial charge on any atom is 0.416 e. The predicted molar refractivity (Wildman–Crippen MR) is 109 cm³/mol. The molecule has 148 valence electrons. The van der Waals surface area contributed by atoms with Gasteiger partial charge in [-0.2, -0.15) is 18.4 Å². The summed E-state index contributed by atoms with van der Waals surface area (Å²) in [5.41, 5.74) is 2.16. The van der Waals surface area contributed by atoms with Gasteiger partial charge in [0.2, 0.25) is 0 Å². The molecule has 3 rings (SSSR count). The molecule has 3 aromatic rings. The van der Waals surface area contributed by atoms with Gasteiger partial charge in [-0.15, -0.1) is 0 Å². The van der Waals surface area contributed by atoms with Crippen LogP contribution in [0.2, 0.25) is 0 Å². The van der Waals surface area contributed by atoms with Crippen LogP contribution in [-0.4, -0.2) is 10.1 Å². The molecule has 3 aromatic carbocycles. The van der Waals surface area contributed by atoms with Crippen LogP contribution >= 0.6 is 0 Å². The molecule has 0 saturated heterocycles. The third kappa shape index (κ3) is 4.52. The standard InChI is InChI=1S/C23H18F3NOS/c1-16-12-17(10-11-27)14-22(13-16)29(2,28)21-5-3-4-19(15-21)18-6-8-20(9-7-18)23(24,25)26/h3-9,12-15H,2,10H2,1H3. The highest BCUT2D eigenvalue weighted by Crippen LogP contribution is 2.32. The Balaban J connectivity index is 2.02. The molecule has 0 bridgehead atoms. The first-order valence-corrected chi connectivity index (χ1v) is 10.5. The zero-order valence-corrected chi connectivity index (χ0v) is 16.5. The van der Waals surface area contributed by atoms with E-state index in [1.807, 2.05) is 13.0 Å². The van der Waals surface area contributed by atoms with Gasteiger partial charge in [-0.25, -0.2) is 0 Å². The number of aryl methyl sites for hydroxylation is 1. The molecule has 6 heteroatoms. The van der Waals surface area contributed by atoms with Crippen molar-refractivity contribution in [3.8, 4) is 17.2 Å². The molecule has 0 N–H and O–H groups in total. The van der Waals surface area contributed by atoms with Gasteiger partial charge in [0.05, 0.1) is 18.1 Å². The molecule has 0 spiro atoms. The van der Waals surface area contributed by atoms with Gasteiger partial charge in [-0.3, -0.25) is 4.21 Å². The lowest BCUT2D eigenvalue weighted by Gasteiger charge is -2.14. The quantitative estimate of drug-likeness (QED) is 0.501. The molecule has 0 amide bonds. The predicted octanol–water partition coefficient (Wildman–Crippen LogP) is 5.88. The van der Waals surface area contributed by atoms with Crippen LogP contribution in [0.25, 0.3) is 11.1 Å². The first kappa shape index (κ1) is 20.7. The first-order chi connectivity index (χ1) is 13.6. The van der Waals surface area contributed by atoms with E-state index in [0.717, 1.165) is 23.3 Å². The Morgan fingerprint density at radius 1 is 0.966 bits per heavy atom. The van der Waals surface area contributed by atoms with Crippen molar-refractivity contribution in [3.05, 3.63) is 83.4 Å². The average Bonchev–Trinajstić information content (AvgIpc) is 2.67. The van der Waals surface area contributed by atoms with Crippen LogP contribution in [0.4, 0.5) is 13.2 Å². The summed E-state index contributed by atoms with van der Waals surface area (Å²) in [5.74, 6) is 3.93. The zero-order valence-electron chi connectivity index (χ0n) is 15.7. The van der Waals surface area contributed by atoms with Crippen LogP contribution in [-0.2, 0) is 22.1 Å². The SMILES string of the molecule is C=S(=O)(c1cc(C)cc(CC#N)c1)c1cccc(-c2ccc(C(F)(F)F)cc2)c1. The van der Waals surface area contributed by atoms with Crippen LogP contribution in [0.15, 0.2) is 76.5 Å². The van der Waals surface area contributed by atoms with Crippen molar-refractivity contribution < 1.29 is 17.4 Å². The molecule has 29 heavy (non-hydrogen) atoms. The molecule has 1 unspecified atom stereocenters. The van der Waals surface area contributed by atoms with Gasteiger partial charge in [0.25, 0.3) is 0 Å². The number of hydrogen-bond acceptors (Lipinski definition) is 2. The summed E-state index contributed by atoms with van der Waals surface area (Å²) in [6.45, 7) is 1.86. The number of benzene rings is 3. The van der Waals surface area contributed by atoms with E-state index in [2.05, 4.69) is 11.9 Å². The Hall–Kier alpha value is -3.04. The van der Waals surface area contributed by atoms with Gasteiger partial charge in [0.1, 0.15) is 0 Å². The highest BCUT2D eigenvalue weighted by atomic mass is 32.2. The summed E-state index contributed by atoms with van der Waals surface area (Å²) in [6.07, 6.45) is -4.19. The molecule has 0 heterocycles. The minimum absolute atomic E-state index is 0.204. The van der Waals surface area contributed by atoms with Crippen molar-refractivity contribution in [3.63, 3.8) is 0 Å². The summed E-state index contributed by atoms with van der Waals surface area (Å²) >= 11 is 0. The average molecular weight is 413 g/mol. The van der Waals surface area contributed by atoms with Gasteiger partial charge in [-0.05, 0) is 71.4 Å². The third-order valence-corrected chi connectivity index (χ3v) is 6.55.